The number of fused-ring (bicyclic) bond motifs is 1. The fourth-order valence-electron chi connectivity index (χ4n) is 2.29. The maximum absolute atomic E-state index is 4.61. The molecule has 3 nitrogen and oxygen atoms in total. The molecule has 1 aromatic carbocycles. The van der Waals surface area contributed by atoms with E-state index in [0.29, 0.717) is 0 Å². The van der Waals surface area contributed by atoms with Gasteiger partial charge >= 0.3 is 0 Å². The minimum Gasteiger partial charge on any atom is -0.342 e. The molecule has 1 unspecified atom stereocenters. The Balaban J connectivity index is 1.86. The van der Waals surface area contributed by atoms with Crippen molar-refractivity contribution in [1.29, 1.82) is 0 Å². The monoisotopic (exact) mass is 279 g/mol. The van der Waals surface area contributed by atoms with Crippen molar-refractivity contribution in [2.24, 2.45) is 5.92 Å². The molecule has 1 aliphatic heterocycles. The molecule has 0 radical (unpaired) electrons. The van der Waals surface area contributed by atoms with Crippen LogP contribution in [-0.4, -0.2) is 23.1 Å². The Hall–Kier alpha value is -0.870. The summed E-state index contributed by atoms with van der Waals surface area (Å²) in [6.07, 6.45) is 2.32. The summed E-state index contributed by atoms with van der Waals surface area (Å²) >= 11 is 3.47. The van der Waals surface area contributed by atoms with Gasteiger partial charge in [-0.1, -0.05) is 15.9 Å². The largest absolute Gasteiger partial charge is 0.342 e. The van der Waals surface area contributed by atoms with Gasteiger partial charge in [0.05, 0.1) is 11.0 Å². The van der Waals surface area contributed by atoms with Gasteiger partial charge in [0.25, 0.3) is 0 Å². The Morgan fingerprint density at radius 3 is 3.19 bits per heavy atom. The average Bonchev–Trinajstić information content (AvgIpc) is 2.86. The van der Waals surface area contributed by atoms with Crippen LogP contribution in [0.5, 0.6) is 0 Å². The van der Waals surface area contributed by atoms with Crippen molar-refractivity contribution in [2.45, 2.75) is 12.8 Å². The molecule has 1 saturated heterocycles. The smallest absolute Gasteiger partial charge is 0.107 e. The number of H-pyrrole nitrogens is 1. The Morgan fingerprint density at radius 1 is 1.44 bits per heavy atom. The molecule has 0 saturated carbocycles. The molecule has 84 valence electrons. The highest BCUT2D eigenvalue weighted by atomic mass is 79.9. The van der Waals surface area contributed by atoms with Gasteiger partial charge in [-0.2, -0.15) is 0 Å². The van der Waals surface area contributed by atoms with Crippen molar-refractivity contribution in [3.8, 4) is 0 Å². The molecule has 2 N–H and O–H groups in total. The molecule has 0 bridgehead atoms. The van der Waals surface area contributed by atoms with Crippen LogP contribution in [0.2, 0.25) is 0 Å². The number of aromatic amines is 1. The second-order valence-electron chi connectivity index (χ2n) is 4.41. The van der Waals surface area contributed by atoms with Crippen LogP contribution in [0.4, 0.5) is 0 Å². The lowest BCUT2D eigenvalue weighted by Gasteiger charge is -2.03. The first kappa shape index (κ1) is 10.3. The fraction of sp³-hybridized carbons (Fsp3) is 0.417. The lowest BCUT2D eigenvalue weighted by atomic mass is 10.1. The van der Waals surface area contributed by atoms with E-state index in [-0.39, 0.29) is 0 Å². The molecule has 4 heteroatoms. The predicted molar refractivity (Wildman–Crippen MR) is 68.5 cm³/mol. The van der Waals surface area contributed by atoms with Crippen LogP contribution in [0.3, 0.4) is 0 Å². The molecule has 1 atom stereocenters. The fourth-order valence-corrected chi connectivity index (χ4v) is 2.65. The van der Waals surface area contributed by atoms with Crippen molar-refractivity contribution in [2.75, 3.05) is 13.1 Å². The number of nitrogens with one attached hydrogen (secondary N) is 2. The molecule has 0 amide bonds. The van der Waals surface area contributed by atoms with Crippen molar-refractivity contribution >= 4 is 27.0 Å². The molecule has 0 spiro atoms. The highest BCUT2D eigenvalue weighted by molar-refractivity contribution is 9.10. The third-order valence-electron chi connectivity index (χ3n) is 3.14. The first-order chi connectivity index (χ1) is 7.81. The van der Waals surface area contributed by atoms with Gasteiger partial charge in [0.15, 0.2) is 0 Å². The van der Waals surface area contributed by atoms with Crippen LogP contribution in [-0.2, 0) is 6.42 Å². The number of aromatic nitrogens is 2. The van der Waals surface area contributed by atoms with Crippen LogP contribution in [0, 0.1) is 5.92 Å². The van der Waals surface area contributed by atoms with E-state index in [1.807, 2.05) is 12.1 Å². The second-order valence-corrected chi connectivity index (χ2v) is 5.32. The van der Waals surface area contributed by atoms with Crippen LogP contribution >= 0.6 is 15.9 Å². The van der Waals surface area contributed by atoms with E-state index in [4.69, 9.17) is 0 Å². The van der Waals surface area contributed by atoms with Crippen LogP contribution in [0.15, 0.2) is 22.7 Å². The quantitative estimate of drug-likeness (QED) is 0.887. The van der Waals surface area contributed by atoms with Crippen molar-refractivity contribution in [1.82, 2.24) is 15.3 Å². The van der Waals surface area contributed by atoms with Crippen molar-refractivity contribution in [3.63, 3.8) is 0 Å². The van der Waals surface area contributed by atoms with E-state index < -0.39 is 0 Å². The summed E-state index contributed by atoms with van der Waals surface area (Å²) in [4.78, 5) is 8.01. The first-order valence-electron chi connectivity index (χ1n) is 5.66. The molecule has 1 aromatic heterocycles. The number of hydrogen-bond acceptors (Lipinski definition) is 2. The second kappa shape index (κ2) is 4.18. The number of halogens is 1. The lowest BCUT2D eigenvalue weighted by molar-refractivity contribution is 0.565. The van der Waals surface area contributed by atoms with E-state index in [1.165, 1.54) is 6.42 Å². The maximum atomic E-state index is 4.61. The summed E-state index contributed by atoms with van der Waals surface area (Å²) in [6, 6.07) is 6.16. The topological polar surface area (TPSA) is 40.7 Å². The van der Waals surface area contributed by atoms with Gasteiger partial charge in [0, 0.05) is 10.9 Å². The standard InChI is InChI=1S/C12H14BrN3/c13-9-1-2-10-11(6-9)16-12(15-10)5-8-3-4-14-7-8/h1-2,6,8,14H,3-5,7H2,(H,15,16). The normalized spacial score (nSPS) is 20.7. The number of rotatable bonds is 2. The van der Waals surface area contributed by atoms with Gasteiger partial charge in [-0.3, -0.25) is 0 Å². The third kappa shape index (κ3) is 1.99. The highest BCUT2D eigenvalue weighted by Crippen LogP contribution is 2.20. The molecular formula is C12H14BrN3. The van der Waals surface area contributed by atoms with E-state index in [1.54, 1.807) is 0 Å². The maximum Gasteiger partial charge on any atom is 0.107 e. The molecule has 2 aromatic rings. The molecule has 1 fully saturated rings. The molecule has 3 rings (SSSR count). The zero-order valence-electron chi connectivity index (χ0n) is 8.96. The van der Waals surface area contributed by atoms with Gasteiger partial charge in [-0.05, 0) is 43.6 Å². The van der Waals surface area contributed by atoms with Gasteiger partial charge in [-0.25, -0.2) is 4.98 Å². The van der Waals surface area contributed by atoms with Crippen LogP contribution in [0.1, 0.15) is 12.2 Å². The van der Waals surface area contributed by atoms with E-state index in [2.05, 4.69) is 37.3 Å². The molecule has 0 aliphatic carbocycles. The number of nitrogens with zero attached hydrogens (tertiary/aromatic N) is 1. The molecule has 16 heavy (non-hydrogen) atoms. The van der Waals surface area contributed by atoms with Crippen LogP contribution in [0.25, 0.3) is 11.0 Å². The first-order valence-corrected chi connectivity index (χ1v) is 6.45. The Morgan fingerprint density at radius 2 is 2.38 bits per heavy atom. The van der Waals surface area contributed by atoms with Gasteiger partial charge < -0.3 is 10.3 Å². The minimum atomic E-state index is 0.740. The highest BCUT2D eigenvalue weighted by Gasteiger charge is 2.16. The van der Waals surface area contributed by atoms with Crippen LogP contribution < -0.4 is 5.32 Å². The summed E-state index contributed by atoms with van der Waals surface area (Å²) in [6.45, 7) is 2.27. The zero-order valence-corrected chi connectivity index (χ0v) is 10.5. The summed E-state index contributed by atoms with van der Waals surface area (Å²) in [5.74, 6) is 1.85. The Bertz CT molecular complexity index is 500. The number of hydrogen-bond donors (Lipinski definition) is 2. The third-order valence-corrected chi connectivity index (χ3v) is 3.63. The molecule has 1 aliphatic rings. The SMILES string of the molecule is Brc1ccc2nc(CC3CCNC3)[nH]c2c1. The molecule has 2 heterocycles. The van der Waals surface area contributed by atoms with Crippen molar-refractivity contribution < 1.29 is 0 Å². The summed E-state index contributed by atoms with van der Waals surface area (Å²) < 4.78 is 1.10. The van der Waals surface area contributed by atoms with E-state index in [9.17, 15) is 0 Å². The van der Waals surface area contributed by atoms with E-state index in [0.717, 1.165) is 46.8 Å². The zero-order chi connectivity index (χ0) is 11.0. The number of imidazole rings is 1. The van der Waals surface area contributed by atoms with Gasteiger partial charge in [0.2, 0.25) is 0 Å². The van der Waals surface area contributed by atoms with Gasteiger partial charge in [-0.15, -0.1) is 0 Å². The summed E-state index contributed by atoms with van der Waals surface area (Å²) in [7, 11) is 0. The molecular weight excluding hydrogens is 266 g/mol. The predicted octanol–water partition coefficient (Wildman–Crippen LogP) is 2.48. The summed E-state index contributed by atoms with van der Waals surface area (Å²) in [5, 5.41) is 3.39. The van der Waals surface area contributed by atoms with Crippen molar-refractivity contribution in [3.05, 3.63) is 28.5 Å². The Labute approximate surface area is 103 Å². The average molecular weight is 280 g/mol. The summed E-state index contributed by atoms with van der Waals surface area (Å²) in [5.41, 5.74) is 2.18. The number of benzene rings is 1. The lowest BCUT2D eigenvalue weighted by Crippen LogP contribution is -2.11. The van der Waals surface area contributed by atoms with Gasteiger partial charge in [0.1, 0.15) is 5.82 Å². The van der Waals surface area contributed by atoms with E-state index >= 15 is 0 Å². The minimum absolute atomic E-state index is 0.740. The Kier molecular flexibility index (Phi) is 2.69.